The van der Waals surface area contributed by atoms with Gasteiger partial charge in [0, 0.05) is 62.6 Å². The predicted octanol–water partition coefficient (Wildman–Crippen LogP) is 5.49. The standard InChI is InChI=1S/C30H39Cl3N4O4/c1-29(11-12-29)27(39)36-13-8-19(9-14-36)26(38)37-17-21(30(2)10-7-22(31)23(32)15-30)24(18-37)35(4)28(40)41-20-5-6-25(33)34(3)16-20/h5-7,10,19,21,24H,8-9,11-18H2,1-4H3/t21-,24-,30?/m1/s1. The van der Waals surface area contributed by atoms with Crippen LogP contribution in [0.5, 0.6) is 0 Å². The Morgan fingerprint density at radius 2 is 1.71 bits per heavy atom. The highest BCUT2D eigenvalue weighted by atomic mass is 35.5. The van der Waals surface area contributed by atoms with E-state index in [-0.39, 0.29) is 35.1 Å². The molecule has 3 heterocycles. The SMILES string of the molecule is CN1CC(OC(=O)N(C)[C@@H]2CN(C(=O)C3CCN(C(=O)C4(C)CC4)CC3)C[C@H]2C2(C)C=CC(Cl)=C(Cl)C2)=CC=C1Cl. The van der Waals surface area contributed by atoms with Crippen LogP contribution in [0, 0.1) is 22.7 Å². The first-order valence-electron chi connectivity index (χ1n) is 14.3. The Morgan fingerprint density at radius 1 is 1.02 bits per heavy atom. The molecule has 3 aliphatic heterocycles. The molecule has 5 aliphatic rings. The molecule has 0 aromatic heterocycles. The fourth-order valence-corrected chi connectivity index (χ4v) is 7.10. The Hall–Kier alpha value is -2.16. The van der Waals surface area contributed by atoms with Crippen LogP contribution in [0.1, 0.15) is 46.0 Å². The van der Waals surface area contributed by atoms with Gasteiger partial charge in [-0.3, -0.25) is 9.59 Å². The minimum atomic E-state index is -0.483. The molecule has 1 unspecified atom stereocenters. The summed E-state index contributed by atoms with van der Waals surface area (Å²) < 4.78 is 5.76. The number of ether oxygens (including phenoxy) is 1. The van der Waals surface area contributed by atoms with Crippen molar-refractivity contribution in [3.05, 3.63) is 45.3 Å². The van der Waals surface area contributed by atoms with Crippen molar-refractivity contribution in [1.82, 2.24) is 19.6 Å². The van der Waals surface area contributed by atoms with Crippen LogP contribution < -0.4 is 0 Å². The van der Waals surface area contributed by atoms with Crippen LogP contribution in [0.3, 0.4) is 0 Å². The van der Waals surface area contributed by atoms with Crippen LogP contribution in [-0.4, -0.2) is 90.4 Å². The Labute approximate surface area is 257 Å². The first-order chi connectivity index (χ1) is 19.3. The molecule has 0 aromatic rings. The molecule has 1 saturated carbocycles. The lowest BCUT2D eigenvalue weighted by atomic mass is 9.70. The predicted molar refractivity (Wildman–Crippen MR) is 160 cm³/mol. The number of halogens is 3. The molecule has 3 fully saturated rings. The van der Waals surface area contributed by atoms with Crippen LogP contribution in [0.15, 0.2) is 45.3 Å². The van der Waals surface area contributed by atoms with Gasteiger partial charge in [-0.25, -0.2) is 4.79 Å². The highest BCUT2D eigenvalue weighted by molar-refractivity contribution is 6.40. The summed E-state index contributed by atoms with van der Waals surface area (Å²) in [7, 11) is 3.55. The average Bonchev–Trinajstić information content (AvgIpc) is 3.54. The van der Waals surface area contributed by atoms with E-state index < -0.39 is 11.5 Å². The van der Waals surface area contributed by atoms with Crippen molar-refractivity contribution in [3.63, 3.8) is 0 Å². The number of rotatable bonds is 5. The fourth-order valence-electron chi connectivity index (χ4n) is 6.50. The number of carbonyl (C=O) groups excluding carboxylic acids is 3. The maximum Gasteiger partial charge on any atom is 0.415 e. The Morgan fingerprint density at radius 3 is 2.32 bits per heavy atom. The summed E-state index contributed by atoms with van der Waals surface area (Å²) >= 11 is 18.9. The van der Waals surface area contributed by atoms with Crippen LogP contribution in [0.25, 0.3) is 0 Å². The zero-order valence-corrected chi connectivity index (χ0v) is 26.4. The third kappa shape index (κ3) is 6.16. The third-order valence-electron chi connectivity index (χ3n) is 9.67. The Kier molecular flexibility index (Phi) is 8.50. The van der Waals surface area contributed by atoms with Crippen molar-refractivity contribution < 1.29 is 19.1 Å². The molecule has 0 N–H and O–H groups in total. The molecule has 0 bridgehead atoms. The van der Waals surface area contributed by atoms with Gasteiger partial charge in [0.05, 0.1) is 17.6 Å². The molecule has 5 rings (SSSR count). The lowest BCUT2D eigenvalue weighted by molar-refractivity contribution is -0.142. The maximum atomic E-state index is 13.8. The van der Waals surface area contributed by atoms with E-state index in [9.17, 15) is 14.4 Å². The minimum Gasteiger partial charge on any atom is -0.413 e. The van der Waals surface area contributed by atoms with Gasteiger partial charge in [0.15, 0.2) is 0 Å². The molecule has 2 saturated heterocycles. The van der Waals surface area contributed by atoms with E-state index in [4.69, 9.17) is 39.5 Å². The zero-order valence-electron chi connectivity index (χ0n) is 24.2. The number of allylic oxidation sites excluding steroid dienone is 6. The van der Waals surface area contributed by atoms with E-state index in [2.05, 4.69) is 13.0 Å². The average molecular weight is 626 g/mol. The molecule has 224 valence electrons. The molecule has 8 nitrogen and oxygen atoms in total. The van der Waals surface area contributed by atoms with Gasteiger partial charge in [-0.2, -0.15) is 0 Å². The lowest BCUT2D eigenvalue weighted by Crippen LogP contribution is -2.47. The number of piperidine rings is 1. The number of nitrogens with zero attached hydrogens (tertiary/aromatic N) is 4. The largest absolute Gasteiger partial charge is 0.415 e. The van der Waals surface area contributed by atoms with Gasteiger partial charge in [-0.05, 0) is 55.7 Å². The molecule has 11 heteroatoms. The van der Waals surface area contributed by atoms with Crippen LogP contribution >= 0.6 is 34.8 Å². The van der Waals surface area contributed by atoms with Gasteiger partial charge >= 0.3 is 6.09 Å². The summed E-state index contributed by atoms with van der Waals surface area (Å²) in [5.74, 6) is 0.576. The summed E-state index contributed by atoms with van der Waals surface area (Å²) in [4.78, 5) is 47.3. The monoisotopic (exact) mass is 624 g/mol. The maximum absolute atomic E-state index is 13.8. The second kappa shape index (κ2) is 11.5. The molecular weight excluding hydrogens is 587 g/mol. The molecule has 3 amide bonds. The summed E-state index contributed by atoms with van der Waals surface area (Å²) in [5.41, 5.74) is -0.613. The minimum absolute atomic E-state index is 0.0865. The van der Waals surface area contributed by atoms with E-state index in [0.29, 0.717) is 73.0 Å². The summed E-state index contributed by atoms with van der Waals surface area (Å²) in [5, 5.41) is 1.66. The normalized spacial score (nSPS) is 29.8. The second-order valence-electron chi connectivity index (χ2n) is 12.8. The molecule has 3 atom stereocenters. The van der Waals surface area contributed by atoms with Gasteiger partial charge in [-0.1, -0.05) is 54.7 Å². The molecule has 2 aliphatic carbocycles. The number of likely N-dealkylation sites (N-methyl/N-ethyl adjacent to an activating group) is 2. The number of amides is 3. The summed E-state index contributed by atoms with van der Waals surface area (Å²) in [6.07, 6.45) is 10.5. The van der Waals surface area contributed by atoms with Crippen LogP contribution in [0.2, 0.25) is 0 Å². The number of hydrogen-bond donors (Lipinski definition) is 0. The van der Waals surface area contributed by atoms with Gasteiger partial charge in [-0.15, -0.1) is 0 Å². The van der Waals surface area contributed by atoms with Crippen molar-refractivity contribution in [3.8, 4) is 0 Å². The number of hydrogen-bond acceptors (Lipinski definition) is 5. The van der Waals surface area contributed by atoms with E-state index in [1.165, 1.54) is 0 Å². The van der Waals surface area contributed by atoms with Crippen LogP contribution in [0.4, 0.5) is 4.79 Å². The van der Waals surface area contributed by atoms with Gasteiger partial charge in [0.1, 0.15) is 10.9 Å². The van der Waals surface area contributed by atoms with Gasteiger partial charge in [0.25, 0.3) is 0 Å². The highest BCUT2D eigenvalue weighted by Crippen LogP contribution is 2.48. The van der Waals surface area contributed by atoms with Gasteiger partial charge < -0.3 is 24.3 Å². The van der Waals surface area contributed by atoms with Gasteiger partial charge in [0.2, 0.25) is 11.8 Å². The number of likely N-dealkylation sites (tertiary alicyclic amines) is 2. The first-order valence-corrected chi connectivity index (χ1v) is 15.5. The van der Waals surface area contributed by atoms with Crippen LogP contribution in [-0.2, 0) is 14.3 Å². The molecule has 0 aromatic carbocycles. The number of carbonyl (C=O) groups is 3. The van der Waals surface area contributed by atoms with Crippen molar-refractivity contribution >= 4 is 52.7 Å². The zero-order chi connectivity index (χ0) is 29.7. The Bertz CT molecular complexity index is 1230. The summed E-state index contributed by atoms with van der Waals surface area (Å²) in [6.45, 7) is 6.63. The van der Waals surface area contributed by atoms with E-state index in [0.717, 1.165) is 12.8 Å². The van der Waals surface area contributed by atoms with Crippen molar-refractivity contribution in [2.45, 2.75) is 52.0 Å². The fraction of sp³-hybridized carbons (Fsp3) is 0.633. The van der Waals surface area contributed by atoms with Crippen molar-refractivity contribution in [2.75, 3.05) is 46.8 Å². The third-order valence-corrected chi connectivity index (χ3v) is 10.9. The van der Waals surface area contributed by atoms with E-state index in [1.807, 2.05) is 29.8 Å². The molecule has 41 heavy (non-hydrogen) atoms. The molecular formula is C30H39Cl3N4O4. The highest BCUT2D eigenvalue weighted by Gasteiger charge is 2.51. The second-order valence-corrected chi connectivity index (χ2v) is 14.0. The molecule has 0 spiro atoms. The van der Waals surface area contributed by atoms with Crippen molar-refractivity contribution in [2.24, 2.45) is 22.7 Å². The smallest absolute Gasteiger partial charge is 0.413 e. The topological polar surface area (TPSA) is 73.4 Å². The summed E-state index contributed by atoms with van der Waals surface area (Å²) in [6, 6.07) is -0.292. The van der Waals surface area contributed by atoms with E-state index >= 15 is 0 Å². The first kappa shape index (κ1) is 30.3. The Balaban J connectivity index is 1.30. The van der Waals surface area contributed by atoms with E-state index in [1.54, 1.807) is 29.0 Å². The lowest BCUT2D eigenvalue weighted by Gasteiger charge is -2.40. The van der Waals surface area contributed by atoms with Crippen molar-refractivity contribution in [1.29, 1.82) is 0 Å². The quantitative estimate of drug-likeness (QED) is 0.378. The molecule has 0 radical (unpaired) electrons.